The van der Waals surface area contributed by atoms with E-state index in [4.69, 9.17) is 9.47 Å². The lowest BCUT2D eigenvalue weighted by Gasteiger charge is -2.21. The van der Waals surface area contributed by atoms with Crippen molar-refractivity contribution in [2.45, 2.75) is 26.7 Å². The van der Waals surface area contributed by atoms with Gasteiger partial charge >= 0.3 is 0 Å². The summed E-state index contributed by atoms with van der Waals surface area (Å²) in [5.74, 6) is 1.09. The van der Waals surface area contributed by atoms with Gasteiger partial charge in [-0.2, -0.15) is 0 Å². The van der Waals surface area contributed by atoms with Crippen LogP contribution in [0.15, 0.2) is 42.5 Å². The topological polar surface area (TPSA) is 67.9 Å². The Bertz CT molecular complexity index is 941. The van der Waals surface area contributed by atoms with Crippen LogP contribution in [0.2, 0.25) is 0 Å². The summed E-state index contributed by atoms with van der Waals surface area (Å²) in [5.41, 5.74) is 2.48. The van der Waals surface area contributed by atoms with Gasteiger partial charge in [0.25, 0.3) is 5.91 Å². The summed E-state index contributed by atoms with van der Waals surface area (Å²) in [6, 6.07) is 13.1. The summed E-state index contributed by atoms with van der Waals surface area (Å²) < 4.78 is 11.0. The average Bonchev–Trinajstić information content (AvgIpc) is 3.22. The SMILES string of the molecule is COc1ccc(OC)c([C@H]2CN(C(=O)c3ccccc3C)C[C@H]2C(=O)NCC(C)C)c1. The summed E-state index contributed by atoms with van der Waals surface area (Å²) in [6.45, 7) is 7.46. The number of ether oxygens (including phenoxy) is 2. The van der Waals surface area contributed by atoms with Crippen LogP contribution in [0.1, 0.15) is 41.3 Å². The van der Waals surface area contributed by atoms with Gasteiger partial charge in [0.2, 0.25) is 5.91 Å². The molecule has 0 unspecified atom stereocenters. The molecule has 2 aromatic carbocycles. The molecule has 166 valence electrons. The molecule has 0 radical (unpaired) electrons. The number of nitrogens with zero attached hydrogens (tertiary/aromatic N) is 1. The number of benzene rings is 2. The van der Waals surface area contributed by atoms with Crippen LogP contribution in [0.5, 0.6) is 11.5 Å². The zero-order chi connectivity index (χ0) is 22.5. The molecule has 0 aromatic heterocycles. The molecule has 1 heterocycles. The molecular weight excluding hydrogens is 392 g/mol. The summed E-state index contributed by atoms with van der Waals surface area (Å²) >= 11 is 0. The lowest BCUT2D eigenvalue weighted by Crippen LogP contribution is -2.37. The van der Waals surface area contributed by atoms with Crippen LogP contribution >= 0.6 is 0 Å². The number of nitrogens with one attached hydrogen (secondary N) is 1. The predicted molar refractivity (Wildman–Crippen MR) is 121 cm³/mol. The van der Waals surface area contributed by atoms with Crippen molar-refractivity contribution in [3.05, 3.63) is 59.2 Å². The van der Waals surface area contributed by atoms with Gasteiger partial charge in [0.1, 0.15) is 11.5 Å². The molecule has 0 aliphatic carbocycles. The molecule has 6 heteroatoms. The highest BCUT2D eigenvalue weighted by molar-refractivity contribution is 5.96. The van der Waals surface area contributed by atoms with Crippen molar-refractivity contribution in [1.82, 2.24) is 10.2 Å². The van der Waals surface area contributed by atoms with Gasteiger partial charge in [0, 0.05) is 36.7 Å². The molecule has 6 nitrogen and oxygen atoms in total. The fourth-order valence-electron chi connectivity index (χ4n) is 4.10. The molecule has 2 amide bonds. The maximum absolute atomic E-state index is 13.3. The predicted octanol–water partition coefficient (Wildman–Crippen LogP) is 3.64. The first-order valence-corrected chi connectivity index (χ1v) is 10.7. The lowest BCUT2D eigenvalue weighted by atomic mass is 9.87. The molecule has 2 aromatic rings. The van der Waals surface area contributed by atoms with Gasteiger partial charge in [-0.1, -0.05) is 32.0 Å². The third-order valence-corrected chi connectivity index (χ3v) is 5.84. The zero-order valence-corrected chi connectivity index (χ0v) is 19.0. The van der Waals surface area contributed by atoms with Gasteiger partial charge in [0.05, 0.1) is 20.1 Å². The molecule has 0 spiro atoms. The minimum atomic E-state index is -0.368. The van der Waals surface area contributed by atoms with E-state index in [1.54, 1.807) is 19.1 Å². The van der Waals surface area contributed by atoms with Crippen molar-refractivity contribution in [3.63, 3.8) is 0 Å². The number of hydrogen-bond donors (Lipinski definition) is 1. The Hall–Kier alpha value is -3.02. The number of methoxy groups -OCH3 is 2. The molecule has 31 heavy (non-hydrogen) atoms. The third-order valence-electron chi connectivity index (χ3n) is 5.84. The summed E-state index contributed by atoms with van der Waals surface area (Å²) in [4.78, 5) is 28.2. The van der Waals surface area contributed by atoms with Crippen molar-refractivity contribution < 1.29 is 19.1 Å². The number of amides is 2. The highest BCUT2D eigenvalue weighted by atomic mass is 16.5. The standard InChI is InChI=1S/C25H32N2O4/c1-16(2)13-26-24(28)22-15-27(25(29)19-9-7-6-8-17(19)3)14-21(22)20-12-18(30-4)10-11-23(20)31-5/h6-12,16,21-22H,13-15H2,1-5H3,(H,26,28)/t21-,22-/m1/s1. The quantitative estimate of drug-likeness (QED) is 0.737. The third kappa shape index (κ3) is 5.01. The molecule has 1 N–H and O–H groups in total. The van der Waals surface area contributed by atoms with E-state index in [9.17, 15) is 9.59 Å². The number of rotatable bonds is 7. The highest BCUT2D eigenvalue weighted by Gasteiger charge is 2.42. The van der Waals surface area contributed by atoms with Crippen molar-refractivity contribution in [1.29, 1.82) is 0 Å². The molecule has 1 fully saturated rings. The minimum Gasteiger partial charge on any atom is -0.497 e. The number of likely N-dealkylation sites (tertiary alicyclic amines) is 1. The zero-order valence-electron chi connectivity index (χ0n) is 19.0. The van der Waals surface area contributed by atoms with E-state index >= 15 is 0 Å². The second kappa shape index (κ2) is 9.86. The van der Waals surface area contributed by atoms with Crippen molar-refractivity contribution in [3.8, 4) is 11.5 Å². The Morgan fingerprint density at radius 1 is 1.10 bits per heavy atom. The van der Waals surface area contributed by atoms with Gasteiger partial charge in [-0.3, -0.25) is 9.59 Å². The molecule has 0 bridgehead atoms. The second-order valence-corrected chi connectivity index (χ2v) is 8.48. The van der Waals surface area contributed by atoms with Crippen LogP contribution in [-0.2, 0) is 4.79 Å². The Morgan fingerprint density at radius 2 is 1.84 bits per heavy atom. The van der Waals surface area contributed by atoms with E-state index < -0.39 is 0 Å². The van der Waals surface area contributed by atoms with Crippen molar-refractivity contribution in [2.24, 2.45) is 11.8 Å². The molecular formula is C25H32N2O4. The number of carbonyl (C=O) groups excluding carboxylic acids is 2. The Morgan fingerprint density at radius 3 is 2.48 bits per heavy atom. The van der Waals surface area contributed by atoms with E-state index in [2.05, 4.69) is 19.2 Å². The summed E-state index contributed by atoms with van der Waals surface area (Å²) in [5, 5.41) is 3.05. The number of hydrogen-bond acceptors (Lipinski definition) is 4. The lowest BCUT2D eigenvalue weighted by molar-refractivity contribution is -0.125. The minimum absolute atomic E-state index is 0.0383. The van der Waals surface area contributed by atoms with Crippen LogP contribution in [0.4, 0.5) is 0 Å². The van der Waals surface area contributed by atoms with Crippen LogP contribution in [0.3, 0.4) is 0 Å². The maximum Gasteiger partial charge on any atom is 0.254 e. The fraction of sp³-hybridized carbons (Fsp3) is 0.440. The van der Waals surface area contributed by atoms with Gasteiger partial charge < -0.3 is 19.7 Å². The maximum atomic E-state index is 13.3. The van der Waals surface area contributed by atoms with E-state index in [0.29, 0.717) is 42.6 Å². The highest BCUT2D eigenvalue weighted by Crippen LogP contribution is 2.40. The van der Waals surface area contributed by atoms with Crippen LogP contribution in [0, 0.1) is 18.8 Å². The smallest absolute Gasteiger partial charge is 0.254 e. The first kappa shape index (κ1) is 22.7. The van der Waals surface area contributed by atoms with Gasteiger partial charge in [0.15, 0.2) is 0 Å². The number of carbonyl (C=O) groups is 2. The average molecular weight is 425 g/mol. The molecule has 1 saturated heterocycles. The molecule has 1 aliphatic rings. The van der Waals surface area contributed by atoms with E-state index in [1.807, 2.05) is 49.4 Å². The molecule has 2 atom stereocenters. The van der Waals surface area contributed by atoms with Crippen LogP contribution < -0.4 is 14.8 Å². The normalized spacial score (nSPS) is 18.2. The fourth-order valence-corrected chi connectivity index (χ4v) is 4.10. The van der Waals surface area contributed by atoms with Crippen molar-refractivity contribution in [2.75, 3.05) is 33.9 Å². The molecule has 3 rings (SSSR count). The van der Waals surface area contributed by atoms with E-state index in [-0.39, 0.29) is 23.7 Å². The summed E-state index contributed by atoms with van der Waals surface area (Å²) in [6.07, 6.45) is 0. The summed E-state index contributed by atoms with van der Waals surface area (Å²) in [7, 11) is 3.23. The first-order chi connectivity index (χ1) is 14.8. The van der Waals surface area contributed by atoms with Gasteiger partial charge in [-0.15, -0.1) is 0 Å². The molecule has 1 aliphatic heterocycles. The van der Waals surface area contributed by atoms with Crippen LogP contribution in [-0.4, -0.2) is 50.6 Å². The van der Waals surface area contributed by atoms with Gasteiger partial charge in [-0.05, 0) is 42.7 Å². The first-order valence-electron chi connectivity index (χ1n) is 10.7. The van der Waals surface area contributed by atoms with E-state index in [1.165, 1.54) is 0 Å². The Balaban J connectivity index is 1.95. The number of aryl methyl sites for hydroxylation is 1. The Kier molecular flexibility index (Phi) is 7.21. The monoisotopic (exact) mass is 424 g/mol. The Labute approximate surface area is 184 Å². The van der Waals surface area contributed by atoms with Gasteiger partial charge in [-0.25, -0.2) is 0 Å². The molecule has 0 saturated carbocycles. The largest absolute Gasteiger partial charge is 0.497 e. The van der Waals surface area contributed by atoms with Crippen LogP contribution in [0.25, 0.3) is 0 Å². The van der Waals surface area contributed by atoms with E-state index in [0.717, 1.165) is 11.1 Å². The van der Waals surface area contributed by atoms with Crippen molar-refractivity contribution >= 4 is 11.8 Å². The second-order valence-electron chi connectivity index (χ2n) is 8.48.